The van der Waals surface area contributed by atoms with Crippen LogP contribution in [0, 0.1) is 0 Å². The Morgan fingerprint density at radius 3 is 2.75 bits per heavy atom. The molecular weight excluding hydrogens is 254 g/mol. The van der Waals surface area contributed by atoms with E-state index < -0.39 is 0 Å². The van der Waals surface area contributed by atoms with E-state index >= 15 is 0 Å². The quantitative estimate of drug-likeness (QED) is 0.784. The van der Waals surface area contributed by atoms with Gasteiger partial charge in [0, 0.05) is 6.07 Å². The number of nitrogens with zero attached hydrogens (tertiary/aromatic N) is 2. The monoisotopic (exact) mass is 269 g/mol. The van der Waals surface area contributed by atoms with Gasteiger partial charge in [0.05, 0.1) is 23.0 Å². The highest BCUT2D eigenvalue weighted by molar-refractivity contribution is 5.86. The van der Waals surface area contributed by atoms with Crippen molar-refractivity contribution in [2.75, 3.05) is 5.73 Å². The maximum Gasteiger partial charge on any atom is 0.219 e. The van der Waals surface area contributed by atoms with Crippen molar-refractivity contribution >= 4 is 16.7 Å². The predicted molar refractivity (Wildman–Crippen MR) is 76.8 cm³/mol. The van der Waals surface area contributed by atoms with Gasteiger partial charge in [-0.05, 0) is 24.1 Å². The number of aromatic nitrogens is 2. The fraction of sp³-hybridized carbons (Fsp3) is 0.200. The first-order valence-electron chi connectivity index (χ1n) is 6.43. The third-order valence-corrected chi connectivity index (χ3v) is 3.01. The minimum atomic E-state index is 0.250. The van der Waals surface area contributed by atoms with Gasteiger partial charge in [0.2, 0.25) is 5.88 Å². The van der Waals surface area contributed by atoms with Crippen molar-refractivity contribution in [2.24, 2.45) is 0 Å². The Morgan fingerprint density at radius 2 is 2.05 bits per heavy atom. The SMILES string of the molecule is CC(C)c1noc2cccc(Oc3ccc(N)cn3)c12. The maximum atomic E-state index is 5.83. The number of anilines is 1. The molecule has 3 aromatic rings. The van der Waals surface area contributed by atoms with Gasteiger partial charge in [-0.2, -0.15) is 0 Å². The number of fused-ring (bicyclic) bond motifs is 1. The molecule has 0 spiro atoms. The third-order valence-electron chi connectivity index (χ3n) is 3.01. The van der Waals surface area contributed by atoms with Gasteiger partial charge < -0.3 is 15.0 Å². The topological polar surface area (TPSA) is 74.2 Å². The van der Waals surface area contributed by atoms with Gasteiger partial charge in [0.15, 0.2) is 5.58 Å². The molecule has 5 nitrogen and oxygen atoms in total. The molecule has 0 saturated heterocycles. The Kier molecular flexibility index (Phi) is 3.02. The van der Waals surface area contributed by atoms with E-state index in [2.05, 4.69) is 24.0 Å². The van der Waals surface area contributed by atoms with Crippen molar-refractivity contribution in [1.29, 1.82) is 0 Å². The lowest BCUT2D eigenvalue weighted by atomic mass is 10.1. The van der Waals surface area contributed by atoms with Gasteiger partial charge >= 0.3 is 0 Å². The van der Waals surface area contributed by atoms with Crippen LogP contribution in [0.2, 0.25) is 0 Å². The molecular formula is C15H15N3O2. The molecule has 0 unspecified atom stereocenters. The molecule has 0 amide bonds. The van der Waals surface area contributed by atoms with Crippen LogP contribution in [-0.4, -0.2) is 10.1 Å². The van der Waals surface area contributed by atoms with Gasteiger partial charge in [-0.15, -0.1) is 0 Å². The molecule has 0 bridgehead atoms. The molecule has 2 N–H and O–H groups in total. The van der Waals surface area contributed by atoms with Crippen molar-refractivity contribution in [3.63, 3.8) is 0 Å². The van der Waals surface area contributed by atoms with Gasteiger partial charge in [-0.1, -0.05) is 25.1 Å². The highest BCUT2D eigenvalue weighted by Crippen LogP contribution is 2.34. The van der Waals surface area contributed by atoms with E-state index in [0.717, 1.165) is 11.1 Å². The van der Waals surface area contributed by atoms with Crippen LogP contribution in [-0.2, 0) is 0 Å². The van der Waals surface area contributed by atoms with Gasteiger partial charge in [0.25, 0.3) is 0 Å². The second kappa shape index (κ2) is 4.85. The summed E-state index contributed by atoms with van der Waals surface area (Å²) >= 11 is 0. The van der Waals surface area contributed by atoms with E-state index in [9.17, 15) is 0 Å². The fourth-order valence-corrected chi connectivity index (χ4v) is 2.03. The zero-order chi connectivity index (χ0) is 14.1. The lowest BCUT2D eigenvalue weighted by Gasteiger charge is -2.07. The van der Waals surface area contributed by atoms with Crippen LogP contribution in [0.5, 0.6) is 11.6 Å². The van der Waals surface area contributed by atoms with E-state index in [1.54, 1.807) is 18.3 Å². The molecule has 2 aromatic heterocycles. The summed E-state index contributed by atoms with van der Waals surface area (Å²) in [4.78, 5) is 4.14. The van der Waals surface area contributed by atoms with Crippen molar-refractivity contribution in [2.45, 2.75) is 19.8 Å². The molecule has 0 atom stereocenters. The van der Waals surface area contributed by atoms with Gasteiger partial charge in [-0.3, -0.25) is 0 Å². The van der Waals surface area contributed by atoms with E-state index in [0.29, 0.717) is 22.9 Å². The number of nitrogens with two attached hydrogens (primary N) is 1. The molecule has 2 heterocycles. The molecule has 102 valence electrons. The standard InChI is InChI=1S/C15H15N3O2/c1-9(2)15-14-11(4-3-5-12(14)20-18-15)19-13-7-6-10(16)8-17-13/h3-9H,16H2,1-2H3. The van der Waals surface area contributed by atoms with Crippen LogP contribution in [0.1, 0.15) is 25.5 Å². The fourth-order valence-electron chi connectivity index (χ4n) is 2.03. The first-order chi connectivity index (χ1) is 9.65. The Morgan fingerprint density at radius 1 is 1.20 bits per heavy atom. The summed E-state index contributed by atoms with van der Waals surface area (Å²) in [7, 11) is 0. The highest BCUT2D eigenvalue weighted by Gasteiger charge is 2.16. The molecule has 0 aliphatic rings. The van der Waals surface area contributed by atoms with Crippen LogP contribution >= 0.6 is 0 Å². The zero-order valence-electron chi connectivity index (χ0n) is 11.3. The van der Waals surface area contributed by atoms with Gasteiger partial charge in [0.1, 0.15) is 5.75 Å². The van der Waals surface area contributed by atoms with Crippen LogP contribution in [0.25, 0.3) is 11.0 Å². The van der Waals surface area contributed by atoms with E-state index in [1.807, 2.05) is 18.2 Å². The molecule has 0 aliphatic heterocycles. The maximum absolute atomic E-state index is 5.83. The van der Waals surface area contributed by atoms with Crippen LogP contribution in [0.4, 0.5) is 5.69 Å². The predicted octanol–water partition coefficient (Wildman–Crippen LogP) is 3.72. The molecule has 3 rings (SSSR count). The number of rotatable bonds is 3. The van der Waals surface area contributed by atoms with Crippen molar-refractivity contribution in [1.82, 2.24) is 10.1 Å². The number of benzene rings is 1. The summed E-state index contributed by atoms with van der Waals surface area (Å²) in [6, 6.07) is 9.10. The molecule has 0 radical (unpaired) electrons. The average Bonchev–Trinajstić information content (AvgIpc) is 2.86. The molecule has 0 saturated carbocycles. The number of pyridine rings is 1. The molecule has 1 aromatic carbocycles. The zero-order valence-corrected chi connectivity index (χ0v) is 11.3. The second-order valence-electron chi connectivity index (χ2n) is 4.88. The van der Waals surface area contributed by atoms with E-state index in [-0.39, 0.29) is 5.92 Å². The minimum Gasteiger partial charge on any atom is -0.438 e. The number of hydrogen-bond acceptors (Lipinski definition) is 5. The normalized spacial score (nSPS) is 11.2. The summed E-state index contributed by atoms with van der Waals surface area (Å²) in [6.45, 7) is 4.13. The molecule has 5 heteroatoms. The Hall–Kier alpha value is -2.56. The van der Waals surface area contributed by atoms with Crippen molar-refractivity contribution in [3.8, 4) is 11.6 Å². The Bertz CT molecular complexity index is 732. The smallest absolute Gasteiger partial charge is 0.219 e. The molecule has 0 aliphatic carbocycles. The lowest BCUT2D eigenvalue weighted by molar-refractivity contribution is 0.441. The third kappa shape index (κ3) is 2.18. The van der Waals surface area contributed by atoms with Crippen molar-refractivity contribution < 1.29 is 9.26 Å². The molecule has 0 fully saturated rings. The largest absolute Gasteiger partial charge is 0.438 e. The highest BCUT2D eigenvalue weighted by atomic mass is 16.5. The Labute approximate surface area is 116 Å². The van der Waals surface area contributed by atoms with Crippen LogP contribution in [0.15, 0.2) is 41.1 Å². The van der Waals surface area contributed by atoms with E-state index in [4.69, 9.17) is 15.0 Å². The minimum absolute atomic E-state index is 0.250. The number of ether oxygens (including phenoxy) is 1. The first-order valence-corrected chi connectivity index (χ1v) is 6.43. The van der Waals surface area contributed by atoms with Crippen LogP contribution in [0.3, 0.4) is 0 Å². The summed E-state index contributed by atoms with van der Waals surface area (Å²) in [5.74, 6) is 1.42. The second-order valence-corrected chi connectivity index (χ2v) is 4.88. The summed E-state index contributed by atoms with van der Waals surface area (Å²) in [5.41, 5.74) is 7.81. The van der Waals surface area contributed by atoms with E-state index in [1.165, 1.54) is 0 Å². The van der Waals surface area contributed by atoms with Crippen LogP contribution < -0.4 is 10.5 Å². The lowest BCUT2D eigenvalue weighted by Crippen LogP contribution is -1.93. The molecule has 20 heavy (non-hydrogen) atoms. The van der Waals surface area contributed by atoms with Gasteiger partial charge in [-0.25, -0.2) is 4.98 Å². The first kappa shape index (κ1) is 12.5. The average molecular weight is 269 g/mol. The summed E-state index contributed by atoms with van der Waals surface area (Å²) in [6.07, 6.45) is 1.56. The Balaban J connectivity index is 2.06. The number of hydrogen-bond donors (Lipinski definition) is 1. The van der Waals surface area contributed by atoms with Crippen molar-refractivity contribution in [3.05, 3.63) is 42.2 Å². The summed E-state index contributed by atoms with van der Waals surface area (Å²) in [5, 5.41) is 5.01. The summed E-state index contributed by atoms with van der Waals surface area (Å²) < 4.78 is 11.2. The number of nitrogen functional groups attached to an aromatic ring is 1.